The van der Waals surface area contributed by atoms with Gasteiger partial charge >= 0.3 is 5.97 Å². The van der Waals surface area contributed by atoms with E-state index in [0.717, 1.165) is 28.9 Å². The number of nitrogens with zero attached hydrogens (tertiary/aromatic N) is 2. The zero-order chi connectivity index (χ0) is 17.1. The fourth-order valence-electron chi connectivity index (χ4n) is 2.21. The highest BCUT2D eigenvalue weighted by Crippen LogP contribution is 2.22. The second kappa shape index (κ2) is 10.9. The summed E-state index contributed by atoms with van der Waals surface area (Å²) in [6.45, 7) is 12.4. The highest BCUT2D eigenvalue weighted by atomic mass is 16.5. The molecule has 0 amide bonds. The van der Waals surface area contributed by atoms with Gasteiger partial charge in [-0.3, -0.25) is 9.98 Å². The molecule has 0 unspecified atom stereocenters. The molecule has 1 aromatic heterocycles. The van der Waals surface area contributed by atoms with Crippen LogP contribution in [0.3, 0.4) is 0 Å². The Kier molecular flexibility index (Phi) is 10.1. The summed E-state index contributed by atoms with van der Waals surface area (Å²) in [4.78, 5) is 20.8. The first-order valence-electron chi connectivity index (χ1n) is 8.13. The lowest BCUT2D eigenvalue weighted by Crippen LogP contribution is -2.16. The molecule has 0 atom stereocenters. The smallest absolute Gasteiger partial charge is 0.340 e. The molecule has 0 aromatic carbocycles. The third-order valence-electron chi connectivity index (χ3n) is 3.03. The number of aryl methyl sites for hydroxylation is 2. The second-order valence-electron chi connectivity index (χ2n) is 4.93. The largest absolute Gasteiger partial charge is 0.462 e. The van der Waals surface area contributed by atoms with Gasteiger partial charge in [-0.1, -0.05) is 34.1 Å². The summed E-state index contributed by atoms with van der Waals surface area (Å²) in [5.41, 5.74) is 4.25. The molecule has 0 aliphatic rings. The van der Waals surface area contributed by atoms with Crippen molar-refractivity contribution in [3.05, 3.63) is 28.1 Å². The number of hydrogen-bond donors (Lipinski definition) is 0. The number of hydrogen-bond acceptors (Lipinski definition) is 4. The van der Waals surface area contributed by atoms with Gasteiger partial charge in [0.2, 0.25) is 0 Å². The van der Waals surface area contributed by atoms with Crippen molar-refractivity contribution in [3.63, 3.8) is 0 Å². The maximum Gasteiger partial charge on any atom is 0.340 e. The molecular weight excluding hydrogens is 276 g/mol. The Hall–Kier alpha value is -1.71. The summed E-state index contributed by atoms with van der Waals surface area (Å²) in [6, 6.07) is 0. The van der Waals surface area contributed by atoms with Gasteiger partial charge < -0.3 is 4.74 Å². The van der Waals surface area contributed by atoms with Crippen molar-refractivity contribution in [2.24, 2.45) is 4.99 Å². The van der Waals surface area contributed by atoms with Crippen LogP contribution in [0.2, 0.25) is 0 Å². The van der Waals surface area contributed by atoms with E-state index in [1.165, 1.54) is 6.42 Å². The Morgan fingerprint density at radius 3 is 2.18 bits per heavy atom. The Labute approximate surface area is 135 Å². The SMILES string of the molecule is CCC.CCOC(=O)c1c(CC)nc(C)c(C=NC)c1CC. The van der Waals surface area contributed by atoms with Crippen LogP contribution >= 0.6 is 0 Å². The van der Waals surface area contributed by atoms with E-state index in [2.05, 4.69) is 23.8 Å². The molecule has 1 heterocycles. The number of aliphatic imine (C=N–C) groups is 1. The molecule has 0 saturated carbocycles. The van der Waals surface area contributed by atoms with E-state index < -0.39 is 0 Å². The summed E-state index contributed by atoms with van der Waals surface area (Å²) >= 11 is 0. The third-order valence-corrected chi connectivity index (χ3v) is 3.03. The van der Waals surface area contributed by atoms with E-state index >= 15 is 0 Å². The molecule has 4 nitrogen and oxygen atoms in total. The van der Waals surface area contributed by atoms with E-state index in [4.69, 9.17) is 4.74 Å². The van der Waals surface area contributed by atoms with Gasteiger partial charge in [0.25, 0.3) is 0 Å². The molecule has 1 aromatic rings. The topological polar surface area (TPSA) is 51.5 Å². The summed E-state index contributed by atoms with van der Waals surface area (Å²) in [6.07, 6.45) is 4.49. The lowest BCUT2D eigenvalue weighted by Gasteiger charge is -2.16. The first-order valence-corrected chi connectivity index (χ1v) is 8.13. The fraction of sp³-hybridized carbons (Fsp3) is 0.611. The number of carbonyl (C=O) groups excluding carboxylic acids is 1. The van der Waals surface area contributed by atoms with Crippen molar-refractivity contribution in [3.8, 4) is 0 Å². The van der Waals surface area contributed by atoms with Crippen LogP contribution in [0.25, 0.3) is 0 Å². The maximum atomic E-state index is 12.2. The molecule has 0 radical (unpaired) electrons. The lowest BCUT2D eigenvalue weighted by atomic mass is 9.96. The van der Waals surface area contributed by atoms with Crippen LogP contribution in [-0.2, 0) is 17.6 Å². The average Bonchev–Trinajstić information content (AvgIpc) is 2.49. The molecule has 1 rings (SSSR count). The molecular formula is C18H30N2O2. The van der Waals surface area contributed by atoms with Crippen molar-refractivity contribution >= 4 is 12.2 Å². The van der Waals surface area contributed by atoms with E-state index in [0.29, 0.717) is 18.6 Å². The Morgan fingerprint density at radius 2 is 1.77 bits per heavy atom. The number of ether oxygens (including phenoxy) is 1. The van der Waals surface area contributed by atoms with Crippen molar-refractivity contribution in [2.75, 3.05) is 13.7 Å². The molecule has 0 aliphatic carbocycles. The quantitative estimate of drug-likeness (QED) is 0.606. The molecule has 124 valence electrons. The van der Waals surface area contributed by atoms with Gasteiger partial charge in [-0.15, -0.1) is 0 Å². The molecule has 0 N–H and O–H groups in total. The Balaban J connectivity index is 0.00000135. The Morgan fingerprint density at radius 1 is 1.18 bits per heavy atom. The number of rotatable bonds is 5. The molecule has 0 saturated heterocycles. The van der Waals surface area contributed by atoms with Crippen LogP contribution in [0.1, 0.15) is 73.9 Å². The van der Waals surface area contributed by atoms with Crippen LogP contribution in [0.5, 0.6) is 0 Å². The van der Waals surface area contributed by atoms with E-state index in [-0.39, 0.29) is 5.97 Å². The van der Waals surface area contributed by atoms with Gasteiger partial charge in [-0.25, -0.2) is 4.79 Å². The van der Waals surface area contributed by atoms with Crippen LogP contribution in [0.4, 0.5) is 0 Å². The first-order chi connectivity index (χ1) is 10.5. The summed E-state index contributed by atoms with van der Waals surface area (Å²) in [5, 5.41) is 0. The van der Waals surface area contributed by atoms with Crippen LogP contribution in [0, 0.1) is 6.92 Å². The number of pyridine rings is 1. The highest BCUT2D eigenvalue weighted by Gasteiger charge is 2.21. The van der Waals surface area contributed by atoms with Gasteiger partial charge in [-0.2, -0.15) is 0 Å². The monoisotopic (exact) mass is 306 g/mol. The van der Waals surface area contributed by atoms with E-state index in [1.54, 1.807) is 13.3 Å². The molecule has 4 heteroatoms. The molecule has 0 fully saturated rings. The summed E-state index contributed by atoms with van der Waals surface area (Å²) < 4.78 is 5.16. The zero-order valence-electron chi connectivity index (χ0n) is 15.1. The molecule has 0 aliphatic heterocycles. The van der Waals surface area contributed by atoms with Gasteiger partial charge in [-0.05, 0) is 32.3 Å². The summed E-state index contributed by atoms with van der Waals surface area (Å²) in [7, 11) is 1.72. The highest BCUT2D eigenvalue weighted by molar-refractivity contribution is 5.96. The predicted octanol–water partition coefficient (Wildman–Crippen LogP) is 4.16. The lowest BCUT2D eigenvalue weighted by molar-refractivity contribution is 0.0523. The van der Waals surface area contributed by atoms with Crippen molar-refractivity contribution < 1.29 is 9.53 Å². The van der Waals surface area contributed by atoms with E-state index in [1.807, 2.05) is 27.7 Å². The third kappa shape index (κ3) is 5.24. The van der Waals surface area contributed by atoms with E-state index in [9.17, 15) is 4.79 Å². The fourth-order valence-corrected chi connectivity index (χ4v) is 2.21. The number of aromatic nitrogens is 1. The summed E-state index contributed by atoms with van der Waals surface area (Å²) in [5.74, 6) is -0.283. The maximum absolute atomic E-state index is 12.2. The normalized spacial score (nSPS) is 10.3. The van der Waals surface area contributed by atoms with Gasteiger partial charge in [0.05, 0.1) is 17.9 Å². The van der Waals surface area contributed by atoms with Gasteiger partial charge in [0, 0.05) is 24.5 Å². The average molecular weight is 306 g/mol. The van der Waals surface area contributed by atoms with Gasteiger partial charge in [0.15, 0.2) is 0 Å². The molecule has 0 spiro atoms. The van der Waals surface area contributed by atoms with Crippen molar-refractivity contribution in [1.29, 1.82) is 0 Å². The van der Waals surface area contributed by atoms with Crippen molar-refractivity contribution in [1.82, 2.24) is 4.98 Å². The van der Waals surface area contributed by atoms with Crippen LogP contribution in [-0.4, -0.2) is 30.8 Å². The van der Waals surface area contributed by atoms with Gasteiger partial charge in [0.1, 0.15) is 0 Å². The number of carbonyl (C=O) groups is 1. The zero-order valence-corrected chi connectivity index (χ0v) is 15.1. The minimum absolute atomic E-state index is 0.283. The second-order valence-corrected chi connectivity index (χ2v) is 4.93. The van der Waals surface area contributed by atoms with Crippen molar-refractivity contribution in [2.45, 2.75) is 60.8 Å². The first kappa shape index (κ1) is 20.3. The minimum Gasteiger partial charge on any atom is -0.462 e. The molecule has 0 bridgehead atoms. The van der Waals surface area contributed by atoms with Crippen LogP contribution < -0.4 is 0 Å². The van der Waals surface area contributed by atoms with Crippen LogP contribution in [0.15, 0.2) is 4.99 Å². The predicted molar refractivity (Wildman–Crippen MR) is 93.2 cm³/mol. The molecule has 22 heavy (non-hydrogen) atoms. The number of esters is 1. The minimum atomic E-state index is -0.283. The standard InChI is InChI=1S/C15H22N2O2.C3H8/c1-6-11-12(9-16-5)10(4)17-13(7-2)14(11)15(18)19-8-3;1-3-2/h9H,6-8H2,1-5H3;3H2,1-2H3. The Bertz CT molecular complexity index is 508.